The SMILES string of the molecule is CN=C(NCCCNC(=O)c1occc1C)NCCCN1CCCCC1C.I. The van der Waals surface area contributed by atoms with Gasteiger partial charge in [0.1, 0.15) is 0 Å². The third-order valence-corrected chi connectivity index (χ3v) is 5.08. The predicted octanol–water partition coefficient (Wildman–Crippen LogP) is 2.76. The quantitative estimate of drug-likeness (QED) is 0.208. The Hall–Kier alpha value is -1.29. The van der Waals surface area contributed by atoms with Crippen molar-refractivity contribution >= 4 is 35.8 Å². The Morgan fingerprint density at radius 2 is 1.93 bits per heavy atom. The lowest BCUT2D eigenvalue weighted by molar-refractivity contribution is 0.0925. The van der Waals surface area contributed by atoms with Gasteiger partial charge in [0.25, 0.3) is 5.91 Å². The minimum Gasteiger partial charge on any atom is -0.459 e. The molecule has 1 aromatic heterocycles. The molecule has 7 nitrogen and oxygen atoms in total. The normalized spacial score (nSPS) is 17.7. The molecule has 2 heterocycles. The van der Waals surface area contributed by atoms with Crippen molar-refractivity contribution in [1.82, 2.24) is 20.9 Å². The molecular formula is C20H36IN5O2. The highest BCUT2D eigenvalue weighted by Crippen LogP contribution is 2.16. The van der Waals surface area contributed by atoms with Crippen molar-refractivity contribution in [3.05, 3.63) is 23.7 Å². The number of aryl methyl sites for hydroxylation is 1. The number of piperidine rings is 1. The minimum atomic E-state index is -0.160. The van der Waals surface area contributed by atoms with Crippen molar-refractivity contribution in [3.8, 4) is 0 Å². The molecule has 0 radical (unpaired) electrons. The first-order valence-electron chi connectivity index (χ1n) is 10.1. The second-order valence-electron chi connectivity index (χ2n) is 7.20. The van der Waals surface area contributed by atoms with E-state index in [0.717, 1.165) is 50.0 Å². The van der Waals surface area contributed by atoms with E-state index in [9.17, 15) is 4.79 Å². The fraction of sp³-hybridized carbons (Fsp3) is 0.700. The van der Waals surface area contributed by atoms with Crippen LogP contribution in [0.5, 0.6) is 0 Å². The van der Waals surface area contributed by atoms with Gasteiger partial charge in [0.05, 0.1) is 6.26 Å². The molecular weight excluding hydrogens is 469 g/mol. The van der Waals surface area contributed by atoms with E-state index in [1.54, 1.807) is 13.1 Å². The van der Waals surface area contributed by atoms with Crippen LogP contribution >= 0.6 is 24.0 Å². The van der Waals surface area contributed by atoms with E-state index in [0.29, 0.717) is 12.3 Å². The van der Waals surface area contributed by atoms with Gasteiger partial charge in [-0.25, -0.2) is 0 Å². The number of aliphatic imine (C=N–C) groups is 1. The van der Waals surface area contributed by atoms with Gasteiger partial charge in [-0.05, 0) is 52.1 Å². The average molecular weight is 505 g/mol. The molecule has 1 unspecified atom stereocenters. The van der Waals surface area contributed by atoms with Gasteiger partial charge in [-0.15, -0.1) is 24.0 Å². The molecule has 8 heteroatoms. The van der Waals surface area contributed by atoms with Gasteiger partial charge in [-0.2, -0.15) is 0 Å². The van der Waals surface area contributed by atoms with Gasteiger partial charge in [-0.1, -0.05) is 6.42 Å². The smallest absolute Gasteiger partial charge is 0.287 e. The summed E-state index contributed by atoms with van der Waals surface area (Å²) < 4.78 is 5.18. The van der Waals surface area contributed by atoms with Gasteiger partial charge in [0, 0.05) is 44.8 Å². The Balaban J connectivity index is 0.00000392. The summed E-state index contributed by atoms with van der Waals surface area (Å²) in [6.07, 6.45) is 7.49. The predicted molar refractivity (Wildman–Crippen MR) is 125 cm³/mol. The summed E-state index contributed by atoms with van der Waals surface area (Å²) in [7, 11) is 1.78. The molecule has 1 aromatic rings. The van der Waals surface area contributed by atoms with Crippen LogP contribution in [0.4, 0.5) is 0 Å². The first-order valence-corrected chi connectivity index (χ1v) is 10.1. The molecule has 0 saturated carbocycles. The molecule has 0 aliphatic carbocycles. The molecule has 0 aromatic carbocycles. The molecule has 160 valence electrons. The van der Waals surface area contributed by atoms with Crippen molar-refractivity contribution in [2.45, 2.75) is 52.0 Å². The third-order valence-electron chi connectivity index (χ3n) is 5.08. The fourth-order valence-corrected chi connectivity index (χ4v) is 3.38. The van der Waals surface area contributed by atoms with Crippen LogP contribution in [-0.2, 0) is 0 Å². The fourth-order valence-electron chi connectivity index (χ4n) is 3.38. The number of hydrogen-bond acceptors (Lipinski definition) is 4. The molecule has 1 aliphatic heterocycles. The van der Waals surface area contributed by atoms with Crippen LogP contribution in [0.2, 0.25) is 0 Å². The molecule has 1 aliphatic rings. The highest BCUT2D eigenvalue weighted by molar-refractivity contribution is 14.0. The standard InChI is InChI=1S/C20H35N5O2.HI/c1-16-9-15-27-18(16)19(26)22-10-6-11-23-20(21-3)24-12-7-14-25-13-5-4-8-17(25)2;/h9,15,17H,4-8,10-14H2,1-3H3,(H,22,26)(H2,21,23,24);1H. The maximum absolute atomic E-state index is 11.9. The number of carbonyl (C=O) groups excluding carboxylic acids is 1. The second kappa shape index (κ2) is 13.8. The zero-order valence-electron chi connectivity index (χ0n) is 17.4. The van der Waals surface area contributed by atoms with Crippen LogP contribution in [0.3, 0.4) is 0 Å². The lowest BCUT2D eigenvalue weighted by Gasteiger charge is -2.33. The molecule has 28 heavy (non-hydrogen) atoms. The summed E-state index contributed by atoms with van der Waals surface area (Å²) >= 11 is 0. The van der Waals surface area contributed by atoms with Crippen molar-refractivity contribution < 1.29 is 9.21 Å². The topological polar surface area (TPSA) is 81.9 Å². The molecule has 1 saturated heterocycles. The number of furan rings is 1. The average Bonchev–Trinajstić information content (AvgIpc) is 3.10. The van der Waals surface area contributed by atoms with E-state index in [1.165, 1.54) is 32.1 Å². The molecule has 1 amide bonds. The van der Waals surface area contributed by atoms with E-state index in [2.05, 4.69) is 32.8 Å². The molecule has 0 bridgehead atoms. The molecule has 3 N–H and O–H groups in total. The number of nitrogens with zero attached hydrogens (tertiary/aromatic N) is 2. The third kappa shape index (κ3) is 8.38. The summed E-state index contributed by atoms with van der Waals surface area (Å²) in [6.45, 7) is 8.83. The number of rotatable bonds is 9. The number of likely N-dealkylation sites (tertiary alicyclic amines) is 1. The van der Waals surface area contributed by atoms with Crippen molar-refractivity contribution in [3.63, 3.8) is 0 Å². The van der Waals surface area contributed by atoms with Crippen LogP contribution in [0, 0.1) is 6.92 Å². The van der Waals surface area contributed by atoms with E-state index < -0.39 is 0 Å². The highest BCUT2D eigenvalue weighted by Gasteiger charge is 2.17. The van der Waals surface area contributed by atoms with Gasteiger partial charge in [0.2, 0.25) is 0 Å². The van der Waals surface area contributed by atoms with Crippen molar-refractivity contribution in [2.75, 3.05) is 39.8 Å². The van der Waals surface area contributed by atoms with E-state index in [1.807, 2.05) is 6.92 Å². The van der Waals surface area contributed by atoms with Gasteiger partial charge in [-0.3, -0.25) is 9.79 Å². The first-order chi connectivity index (χ1) is 13.1. The number of amides is 1. The number of guanidine groups is 1. The maximum atomic E-state index is 11.9. The zero-order chi connectivity index (χ0) is 19.5. The lowest BCUT2D eigenvalue weighted by Crippen LogP contribution is -2.41. The van der Waals surface area contributed by atoms with Gasteiger partial charge in [0.15, 0.2) is 11.7 Å². The summed E-state index contributed by atoms with van der Waals surface area (Å²) in [4.78, 5) is 18.8. The summed E-state index contributed by atoms with van der Waals surface area (Å²) in [5.74, 6) is 1.05. The van der Waals surface area contributed by atoms with E-state index in [4.69, 9.17) is 4.42 Å². The van der Waals surface area contributed by atoms with Crippen LogP contribution < -0.4 is 16.0 Å². The summed E-state index contributed by atoms with van der Waals surface area (Å²) in [6, 6.07) is 2.51. The highest BCUT2D eigenvalue weighted by atomic mass is 127. The Bertz CT molecular complexity index is 605. The van der Waals surface area contributed by atoms with Crippen molar-refractivity contribution in [2.24, 2.45) is 4.99 Å². The van der Waals surface area contributed by atoms with Crippen LogP contribution in [0.1, 0.15) is 55.1 Å². The molecule has 2 rings (SSSR count). The summed E-state index contributed by atoms with van der Waals surface area (Å²) in [5.41, 5.74) is 0.856. The number of hydrogen-bond donors (Lipinski definition) is 3. The zero-order valence-corrected chi connectivity index (χ0v) is 19.8. The van der Waals surface area contributed by atoms with Gasteiger partial charge < -0.3 is 25.3 Å². The number of halogens is 1. The van der Waals surface area contributed by atoms with Crippen molar-refractivity contribution in [1.29, 1.82) is 0 Å². The second-order valence-corrected chi connectivity index (χ2v) is 7.20. The first kappa shape index (κ1) is 24.7. The monoisotopic (exact) mass is 505 g/mol. The number of nitrogens with one attached hydrogen (secondary N) is 3. The van der Waals surface area contributed by atoms with E-state index in [-0.39, 0.29) is 29.9 Å². The maximum Gasteiger partial charge on any atom is 0.287 e. The van der Waals surface area contributed by atoms with Crippen LogP contribution in [0.15, 0.2) is 21.7 Å². The summed E-state index contributed by atoms with van der Waals surface area (Å²) in [5, 5.41) is 9.52. The Kier molecular flexibility index (Phi) is 12.2. The Morgan fingerprint density at radius 1 is 1.21 bits per heavy atom. The van der Waals surface area contributed by atoms with E-state index >= 15 is 0 Å². The molecule has 1 fully saturated rings. The molecule has 0 spiro atoms. The number of carbonyl (C=O) groups is 1. The Labute approximate surface area is 186 Å². The van der Waals surface area contributed by atoms with Gasteiger partial charge >= 0.3 is 0 Å². The largest absolute Gasteiger partial charge is 0.459 e. The lowest BCUT2D eigenvalue weighted by atomic mass is 10.0. The Morgan fingerprint density at radius 3 is 2.57 bits per heavy atom. The molecule has 1 atom stereocenters. The minimum absolute atomic E-state index is 0. The van der Waals surface area contributed by atoms with Crippen LogP contribution in [-0.4, -0.2) is 62.6 Å². The van der Waals surface area contributed by atoms with Crippen LogP contribution in [0.25, 0.3) is 0 Å².